The third-order valence-electron chi connectivity index (χ3n) is 5.02. The Kier molecular flexibility index (Phi) is 6.04. The largest absolute Gasteiger partial charge is 0.463 e. The van der Waals surface area contributed by atoms with Crippen LogP contribution in [0.25, 0.3) is 22.7 Å². The van der Waals surface area contributed by atoms with Crippen LogP contribution in [0.4, 0.5) is 0 Å². The molecule has 0 bridgehead atoms. The Labute approximate surface area is 176 Å². The monoisotopic (exact) mass is 396 g/mol. The Bertz CT molecular complexity index is 1160. The molecule has 0 aliphatic carbocycles. The number of carbonyl (C=O) groups excluding carboxylic acids is 1. The molecule has 0 amide bonds. The minimum Gasteiger partial charge on any atom is -0.463 e. The number of rotatable bonds is 7. The molecule has 0 fully saturated rings. The summed E-state index contributed by atoms with van der Waals surface area (Å²) in [7, 11) is 0. The summed E-state index contributed by atoms with van der Waals surface area (Å²) in [6, 6.07) is 22.6. The zero-order valence-corrected chi connectivity index (χ0v) is 17.0. The molecule has 4 rings (SSSR count). The molecule has 4 nitrogen and oxygen atoms in total. The van der Waals surface area contributed by atoms with Crippen LogP contribution in [0.5, 0.6) is 0 Å². The molecular weight excluding hydrogens is 372 g/mol. The number of aromatic nitrogens is 2. The Morgan fingerprint density at radius 1 is 1.03 bits per heavy atom. The van der Waals surface area contributed by atoms with E-state index in [1.807, 2.05) is 42.6 Å². The molecule has 0 radical (unpaired) electrons. The van der Waals surface area contributed by atoms with Crippen molar-refractivity contribution >= 4 is 22.9 Å². The number of esters is 1. The lowest BCUT2D eigenvalue weighted by molar-refractivity contribution is -0.137. The van der Waals surface area contributed by atoms with Gasteiger partial charge in [-0.2, -0.15) is 0 Å². The van der Waals surface area contributed by atoms with Crippen molar-refractivity contribution in [3.05, 3.63) is 102 Å². The Balaban J connectivity index is 1.71. The van der Waals surface area contributed by atoms with Crippen molar-refractivity contribution < 1.29 is 9.53 Å². The second-order valence-corrected chi connectivity index (χ2v) is 7.04. The molecule has 4 aromatic rings. The van der Waals surface area contributed by atoms with Gasteiger partial charge in [0.25, 0.3) is 0 Å². The number of fused-ring (bicyclic) bond motifs is 1. The van der Waals surface area contributed by atoms with Crippen LogP contribution in [-0.4, -0.2) is 22.1 Å². The minimum absolute atomic E-state index is 0.324. The SMILES string of the molecule is CCOC(=O)/C=C/c1ccc2c(c1)c(CCc1ccccn1)cn2-c1ccccc1. The highest BCUT2D eigenvalue weighted by atomic mass is 16.5. The van der Waals surface area contributed by atoms with E-state index in [-0.39, 0.29) is 5.97 Å². The van der Waals surface area contributed by atoms with E-state index in [9.17, 15) is 4.79 Å². The lowest BCUT2D eigenvalue weighted by atomic mass is 10.0. The minimum atomic E-state index is -0.324. The summed E-state index contributed by atoms with van der Waals surface area (Å²) in [4.78, 5) is 16.1. The predicted octanol–water partition coefficient (Wildman–Crippen LogP) is 5.39. The van der Waals surface area contributed by atoms with Crippen LogP contribution in [0.2, 0.25) is 0 Å². The molecule has 2 aromatic heterocycles. The first-order chi connectivity index (χ1) is 14.7. The molecule has 0 saturated carbocycles. The van der Waals surface area contributed by atoms with Gasteiger partial charge < -0.3 is 9.30 Å². The molecule has 0 spiro atoms. The molecule has 150 valence electrons. The number of ether oxygens (including phenoxy) is 1. The Morgan fingerprint density at radius 2 is 1.87 bits per heavy atom. The zero-order chi connectivity index (χ0) is 20.8. The van der Waals surface area contributed by atoms with E-state index in [1.165, 1.54) is 17.0 Å². The molecular formula is C26H24N2O2. The first-order valence-corrected chi connectivity index (χ1v) is 10.2. The summed E-state index contributed by atoms with van der Waals surface area (Å²) in [5, 5.41) is 1.18. The van der Waals surface area contributed by atoms with Gasteiger partial charge in [0.15, 0.2) is 0 Å². The van der Waals surface area contributed by atoms with E-state index in [0.717, 1.165) is 35.3 Å². The average molecular weight is 396 g/mol. The number of carbonyl (C=O) groups is 1. The normalized spacial score (nSPS) is 11.2. The van der Waals surface area contributed by atoms with Crippen LogP contribution in [0.3, 0.4) is 0 Å². The molecule has 0 N–H and O–H groups in total. The van der Waals surface area contributed by atoms with E-state index in [1.54, 1.807) is 13.0 Å². The maximum absolute atomic E-state index is 11.7. The van der Waals surface area contributed by atoms with Gasteiger partial charge in [-0.3, -0.25) is 4.98 Å². The molecule has 2 aromatic carbocycles. The maximum Gasteiger partial charge on any atom is 0.330 e. The summed E-state index contributed by atoms with van der Waals surface area (Å²) in [6.45, 7) is 2.18. The third kappa shape index (κ3) is 4.49. The summed E-state index contributed by atoms with van der Waals surface area (Å²) in [6.07, 6.45) is 9.09. The van der Waals surface area contributed by atoms with Crippen molar-refractivity contribution in [2.75, 3.05) is 6.61 Å². The summed E-state index contributed by atoms with van der Waals surface area (Å²) in [5.74, 6) is -0.324. The van der Waals surface area contributed by atoms with E-state index in [2.05, 4.69) is 46.1 Å². The van der Waals surface area contributed by atoms with Crippen LogP contribution in [-0.2, 0) is 22.4 Å². The van der Waals surface area contributed by atoms with Gasteiger partial charge in [-0.25, -0.2) is 4.79 Å². The first-order valence-electron chi connectivity index (χ1n) is 10.2. The number of hydrogen-bond donors (Lipinski definition) is 0. The molecule has 30 heavy (non-hydrogen) atoms. The average Bonchev–Trinajstić information content (AvgIpc) is 3.16. The molecule has 4 heteroatoms. The van der Waals surface area contributed by atoms with Gasteiger partial charge >= 0.3 is 5.97 Å². The lowest BCUT2D eigenvalue weighted by Crippen LogP contribution is -1.98. The Hall–Kier alpha value is -3.66. The van der Waals surface area contributed by atoms with E-state index in [4.69, 9.17) is 4.74 Å². The summed E-state index contributed by atoms with van der Waals surface area (Å²) >= 11 is 0. The van der Waals surface area contributed by atoms with Gasteiger partial charge in [-0.15, -0.1) is 0 Å². The van der Waals surface area contributed by atoms with Gasteiger partial charge in [0.05, 0.1) is 12.1 Å². The lowest BCUT2D eigenvalue weighted by Gasteiger charge is -2.05. The topological polar surface area (TPSA) is 44.1 Å². The fraction of sp³-hybridized carbons (Fsp3) is 0.154. The van der Waals surface area contributed by atoms with Crippen molar-refractivity contribution in [1.82, 2.24) is 9.55 Å². The highest BCUT2D eigenvalue weighted by molar-refractivity contribution is 5.91. The van der Waals surface area contributed by atoms with Crippen molar-refractivity contribution in [2.45, 2.75) is 19.8 Å². The fourth-order valence-electron chi connectivity index (χ4n) is 3.58. The first kappa shape index (κ1) is 19.6. The van der Waals surface area contributed by atoms with Gasteiger partial charge in [0, 0.05) is 35.2 Å². The summed E-state index contributed by atoms with van der Waals surface area (Å²) in [5.41, 5.74) is 5.58. The van der Waals surface area contributed by atoms with Gasteiger partial charge in [0.2, 0.25) is 0 Å². The number of aryl methyl sites for hydroxylation is 2. The van der Waals surface area contributed by atoms with Crippen molar-refractivity contribution in [3.63, 3.8) is 0 Å². The standard InChI is InChI=1S/C26H24N2O2/c1-2-30-26(29)16-12-20-11-15-25-24(18-20)21(13-14-22-8-6-7-17-27-22)19-28(25)23-9-4-3-5-10-23/h3-12,15-19H,2,13-14H2,1H3/b16-12+. The number of nitrogens with zero attached hydrogens (tertiary/aromatic N) is 2. The number of hydrogen-bond acceptors (Lipinski definition) is 3. The Morgan fingerprint density at radius 3 is 2.63 bits per heavy atom. The molecule has 0 aliphatic heterocycles. The van der Waals surface area contributed by atoms with Gasteiger partial charge in [-0.05, 0) is 73.4 Å². The van der Waals surface area contributed by atoms with E-state index in [0.29, 0.717) is 6.61 Å². The fourth-order valence-corrected chi connectivity index (χ4v) is 3.58. The molecule has 0 unspecified atom stereocenters. The van der Waals surface area contributed by atoms with Crippen LogP contribution in [0.1, 0.15) is 23.7 Å². The van der Waals surface area contributed by atoms with E-state index >= 15 is 0 Å². The van der Waals surface area contributed by atoms with Crippen LogP contribution in [0.15, 0.2) is 85.2 Å². The maximum atomic E-state index is 11.7. The highest BCUT2D eigenvalue weighted by Gasteiger charge is 2.11. The smallest absolute Gasteiger partial charge is 0.330 e. The van der Waals surface area contributed by atoms with Crippen molar-refractivity contribution in [1.29, 1.82) is 0 Å². The quantitative estimate of drug-likeness (QED) is 0.311. The predicted molar refractivity (Wildman–Crippen MR) is 121 cm³/mol. The molecule has 2 heterocycles. The van der Waals surface area contributed by atoms with Crippen LogP contribution >= 0.6 is 0 Å². The second kappa shape index (κ2) is 9.23. The molecule has 0 aliphatic rings. The number of para-hydroxylation sites is 1. The molecule has 0 atom stereocenters. The summed E-state index contributed by atoms with van der Waals surface area (Å²) < 4.78 is 7.21. The van der Waals surface area contributed by atoms with Crippen molar-refractivity contribution in [3.8, 4) is 5.69 Å². The van der Waals surface area contributed by atoms with E-state index < -0.39 is 0 Å². The molecule has 0 saturated heterocycles. The number of benzene rings is 2. The third-order valence-corrected chi connectivity index (χ3v) is 5.02. The second-order valence-electron chi connectivity index (χ2n) is 7.04. The zero-order valence-electron chi connectivity index (χ0n) is 17.0. The van der Waals surface area contributed by atoms with Gasteiger partial charge in [0.1, 0.15) is 0 Å². The van der Waals surface area contributed by atoms with Crippen molar-refractivity contribution in [2.24, 2.45) is 0 Å². The van der Waals surface area contributed by atoms with Crippen LogP contribution in [0, 0.1) is 0 Å². The number of pyridine rings is 1. The van der Waals surface area contributed by atoms with Crippen LogP contribution < -0.4 is 0 Å². The van der Waals surface area contributed by atoms with Gasteiger partial charge in [-0.1, -0.05) is 30.3 Å². The highest BCUT2D eigenvalue weighted by Crippen LogP contribution is 2.27.